The fourth-order valence-electron chi connectivity index (χ4n) is 1.23. The molecule has 8 heavy (non-hydrogen) atoms. The maximum absolute atomic E-state index is 2.33. The van der Waals surface area contributed by atoms with Crippen molar-refractivity contribution >= 4 is 11.8 Å². The van der Waals surface area contributed by atoms with Crippen LogP contribution in [0.5, 0.6) is 0 Å². The van der Waals surface area contributed by atoms with Gasteiger partial charge >= 0.3 is 0 Å². The zero-order valence-corrected chi connectivity index (χ0v) is 6.50. The Kier molecular flexibility index (Phi) is 2.24. The van der Waals surface area contributed by atoms with Gasteiger partial charge < -0.3 is 0 Å². The first-order valence-corrected chi connectivity index (χ1v) is 4.39. The number of hydrogen-bond donors (Lipinski definition) is 0. The molecular weight excluding hydrogens is 116 g/mol. The lowest BCUT2D eigenvalue weighted by Crippen LogP contribution is -2.11. The number of rotatable bonds is 0. The quantitative estimate of drug-likeness (QED) is 0.486. The van der Waals surface area contributed by atoms with Gasteiger partial charge in [0.25, 0.3) is 0 Å². The van der Waals surface area contributed by atoms with Gasteiger partial charge in [0.2, 0.25) is 0 Å². The van der Waals surface area contributed by atoms with Crippen molar-refractivity contribution in [2.75, 3.05) is 0 Å². The van der Waals surface area contributed by atoms with E-state index in [0.717, 1.165) is 10.5 Å². The summed E-state index contributed by atoms with van der Waals surface area (Å²) in [5.74, 6) is 0. The monoisotopic (exact) mass is 130 g/mol. The molecular formula is C7H14S. The van der Waals surface area contributed by atoms with E-state index >= 15 is 0 Å². The largest absolute Gasteiger partial charge is 0.156 e. The minimum Gasteiger partial charge on any atom is -0.156 e. The van der Waals surface area contributed by atoms with Crippen LogP contribution in [0, 0.1) is 0 Å². The molecule has 1 aliphatic rings. The minimum atomic E-state index is 0.929. The van der Waals surface area contributed by atoms with E-state index in [1.807, 2.05) is 0 Å². The maximum Gasteiger partial charge on any atom is 0.00214 e. The Hall–Kier alpha value is 0.350. The highest BCUT2D eigenvalue weighted by atomic mass is 32.2. The molecule has 1 aliphatic heterocycles. The van der Waals surface area contributed by atoms with Crippen molar-refractivity contribution in [3.05, 3.63) is 0 Å². The smallest absolute Gasteiger partial charge is 0.00214 e. The third-order valence-corrected chi connectivity index (χ3v) is 3.09. The van der Waals surface area contributed by atoms with Crippen molar-refractivity contribution in [2.24, 2.45) is 0 Å². The summed E-state index contributed by atoms with van der Waals surface area (Å²) in [4.78, 5) is 0. The van der Waals surface area contributed by atoms with Gasteiger partial charge in [-0.1, -0.05) is 20.3 Å². The molecule has 0 N–H and O–H groups in total. The summed E-state index contributed by atoms with van der Waals surface area (Å²) in [6, 6.07) is 0. The normalized spacial score (nSPS) is 39.8. The van der Waals surface area contributed by atoms with E-state index in [9.17, 15) is 0 Å². The SMILES string of the molecule is C[C@H]1CCC[C@H](C)S1. The van der Waals surface area contributed by atoms with Crippen molar-refractivity contribution in [1.82, 2.24) is 0 Å². The molecule has 0 saturated carbocycles. The van der Waals surface area contributed by atoms with Crippen molar-refractivity contribution < 1.29 is 0 Å². The summed E-state index contributed by atoms with van der Waals surface area (Å²) in [6.45, 7) is 4.67. The van der Waals surface area contributed by atoms with E-state index in [0.29, 0.717) is 0 Å². The molecule has 0 amide bonds. The molecule has 1 saturated heterocycles. The van der Waals surface area contributed by atoms with Crippen LogP contribution in [0.25, 0.3) is 0 Å². The lowest BCUT2D eigenvalue weighted by Gasteiger charge is -2.22. The third kappa shape index (κ3) is 1.70. The molecule has 0 aromatic carbocycles. The zero-order chi connectivity index (χ0) is 5.98. The van der Waals surface area contributed by atoms with E-state index in [2.05, 4.69) is 25.6 Å². The van der Waals surface area contributed by atoms with Crippen LogP contribution >= 0.6 is 11.8 Å². The lowest BCUT2D eigenvalue weighted by atomic mass is 10.1. The van der Waals surface area contributed by atoms with E-state index in [4.69, 9.17) is 0 Å². The van der Waals surface area contributed by atoms with Gasteiger partial charge in [-0.15, -0.1) is 0 Å². The Morgan fingerprint density at radius 3 is 1.88 bits per heavy atom. The Balaban J connectivity index is 2.23. The highest BCUT2D eigenvalue weighted by molar-refractivity contribution is 8.00. The molecule has 0 radical (unpaired) electrons. The van der Waals surface area contributed by atoms with Crippen molar-refractivity contribution in [2.45, 2.75) is 43.6 Å². The predicted molar refractivity (Wildman–Crippen MR) is 40.4 cm³/mol. The van der Waals surface area contributed by atoms with Crippen molar-refractivity contribution in [3.63, 3.8) is 0 Å². The van der Waals surface area contributed by atoms with Gasteiger partial charge in [-0.25, -0.2) is 0 Å². The highest BCUT2D eigenvalue weighted by Crippen LogP contribution is 2.30. The highest BCUT2D eigenvalue weighted by Gasteiger charge is 2.14. The molecule has 0 nitrogen and oxygen atoms in total. The van der Waals surface area contributed by atoms with Gasteiger partial charge in [-0.3, -0.25) is 0 Å². The number of thioether (sulfide) groups is 1. The fourth-order valence-corrected chi connectivity index (χ4v) is 2.62. The first kappa shape index (κ1) is 6.47. The second-order valence-electron chi connectivity index (χ2n) is 2.69. The molecule has 0 aliphatic carbocycles. The van der Waals surface area contributed by atoms with E-state index < -0.39 is 0 Å². The third-order valence-electron chi connectivity index (χ3n) is 1.69. The molecule has 1 heteroatoms. The Bertz CT molecular complexity index is 62.8. The van der Waals surface area contributed by atoms with Gasteiger partial charge in [-0.2, -0.15) is 11.8 Å². The maximum atomic E-state index is 2.33. The van der Waals surface area contributed by atoms with Gasteiger partial charge in [0.05, 0.1) is 0 Å². The fraction of sp³-hybridized carbons (Fsp3) is 1.00. The van der Waals surface area contributed by atoms with Crippen molar-refractivity contribution in [3.8, 4) is 0 Å². The molecule has 0 unspecified atom stereocenters. The Morgan fingerprint density at radius 1 is 1.12 bits per heavy atom. The van der Waals surface area contributed by atoms with E-state index in [-0.39, 0.29) is 0 Å². The van der Waals surface area contributed by atoms with Crippen LogP contribution < -0.4 is 0 Å². The first-order valence-electron chi connectivity index (χ1n) is 3.44. The van der Waals surface area contributed by atoms with Crippen LogP contribution in [0.2, 0.25) is 0 Å². The molecule has 1 rings (SSSR count). The summed E-state index contributed by atoms with van der Waals surface area (Å²) in [5.41, 5.74) is 0. The summed E-state index contributed by atoms with van der Waals surface area (Å²) in [6.07, 6.45) is 4.33. The summed E-state index contributed by atoms with van der Waals surface area (Å²) in [7, 11) is 0. The van der Waals surface area contributed by atoms with Gasteiger partial charge in [-0.05, 0) is 12.8 Å². The van der Waals surface area contributed by atoms with Crippen LogP contribution in [0.15, 0.2) is 0 Å². The average Bonchev–Trinajstić information content (AvgIpc) is 1.64. The zero-order valence-electron chi connectivity index (χ0n) is 5.68. The van der Waals surface area contributed by atoms with Crippen LogP contribution in [0.4, 0.5) is 0 Å². The summed E-state index contributed by atoms with van der Waals surface area (Å²) in [5, 5.41) is 1.86. The van der Waals surface area contributed by atoms with Crippen LogP contribution in [-0.4, -0.2) is 10.5 Å². The van der Waals surface area contributed by atoms with Crippen molar-refractivity contribution in [1.29, 1.82) is 0 Å². The summed E-state index contributed by atoms with van der Waals surface area (Å²) < 4.78 is 0. The second-order valence-corrected chi connectivity index (χ2v) is 4.57. The van der Waals surface area contributed by atoms with Crippen LogP contribution in [-0.2, 0) is 0 Å². The van der Waals surface area contributed by atoms with Crippen LogP contribution in [0.1, 0.15) is 33.1 Å². The Morgan fingerprint density at radius 2 is 1.62 bits per heavy atom. The molecule has 2 atom stereocenters. The van der Waals surface area contributed by atoms with E-state index in [1.165, 1.54) is 19.3 Å². The molecule has 0 aromatic rings. The second kappa shape index (κ2) is 2.77. The topological polar surface area (TPSA) is 0 Å². The van der Waals surface area contributed by atoms with Gasteiger partial charge in [0, 0.05) is 10.5 Å². The first-order chi connectivity index (χ1) is 3.79. The Labute approximate surface area is 56.0 Å². The standard InChI is InChI=1S/C7H14S/c1-6-4-3-5-7(2)8-6/h6-7H,3-5H2,1-2H3/t6-,7-/m0/s1. The number of hydrogen-bond acceptors (Lipinski definition) is 1. The molecule has 1 heterocycles. The lowest BCUT2D eigenvalue weighted by molar-refractivity contribution is 0.641. The van der Waals surface area contributed by atoms with E-state index in [1.54, 1.807) is 0 Å². The molecule has 0 aromatic heterocycles. The molecule has 1 fully saturated rings. The molecule has 0 spiro atoms. The average molecular weight is 130 g/mol. The molecule has 0 bridgehead atoms. The van der Waals surface area contributed by atoms with Gasteiger partial charge in [0.15, 0.2) is 0 Å². The van der Waals surface area contributed by atoms with Gasteiger partial charge in [0.1, 0.15) is 0 Å². The van der Waals surface area contributed by atoms with Crippen LogP contribution in [0.3, 0.4) is 0 Å². The molecule has 48 valence electrons. The predicted octanol–water partition coefficient (Wildman–Crippen LogP) is 2.68. The summed E-state index contributed by atoms with van der Waals surface area (Å²) >= 11 is 2.14. The minimum absolute atomic E-state index is 0.929.